The molecular weight excluding hydrogens is 428 g/mol. The number of nitrogens with one attached hydrogen (secondary N) is 1. The zero-order chi connectivity index (χ0) is 24.7. The van der Waals surface area contributed by atoms with Gasteiger partial charge in [-0.3, -0.25) is 9.59 Å². The van der Waals surface area contributed by atoms with Crippen LogP contribution in [0.15, 0.2) is 72.8 Å². The molecule has 0 unspecified atom stereocenters. The zero-order valence-corrected chi connectivity index (χ0v) is 19.6. The van der Waals surface area contributed by atoms with Gasteiger partial charge in [-0.15, -0.1) is 0 Å². The van der Waals surface area contributed by atoms with Crippen molar-refractivity contribution in [2.24, 2.45) is 11.7 Å². The highest BCUT2D eigenvalue weighted by Gasteiger charge is 2.18. The molecule has 1 amide bonds. The van der Waals surface area contributed by atoms with Gasteiger partial charge in [-0.25, -0.2) is 0 Å². The van der Waals surface area contributed by atoms with Gasteiger partial charge in [0.15, 0.2) is 0 Å². The van der Waals surface area contributed by atoms with Gasteiger partial charge in [0.2, 0.25) is 0 Å². The van der Waals surface area contributed by atoms with Crippen LogP contribution in [0.1, 0.15) is 46.8 Å². The molecule has 0 heterocycles. The molecule has 178 valence electrons. The minimum Gasteiger partial charge on any atom is -0.480 e. The minimum absolute atomic E-state index is 0.0135. The highest BCUT2D eigenvalue weighted by Crippen LogP contribution is 2.27. The summed E-state index contributed by atoms with van der Waals surface area (Å²) in [5.74, 6) is -0.746. The molecule has 0 saturated heterocycles. The van der Waals surface area contributed by atoms with Crippen LogP contribution in [0.4, 0.5) is 0 Å². The summed E-state index contributed by atoms with van der Waals surface area (Å²) in [6, 6.07) is 22.1. The summed E-state index contributed by atoms with van der Waals surface area (Å²) in [5, 5.41) is 21.4. The molecule has 0 aliphatic heterocycles. The van der Waals surface area contributed by atoms with Crippen LogP contribution in [0.5, 0.6) is 0 Å². The SMILES string of the molecule is CC(C)[C@@H](CNC(=O)c1ccc(C[C@H](N)C(=O)O)cc1)c1ccc(-c2cccc(CO)c2)cc1. The minimum atomic E-state index is -1.05. The summed E-state index contributed by atoms with van der Waals surface area (Å²) in [7, 11) is 0. The molecule has 0 aromatic heterocycles. The number of carboxylic acids is 1. The van der Waals surface area contributed by atoms with Crippen molar-refractivity contribution >= 4 is 11.9 Å². The number of carbonyl (C=O) groups is 2. The number of hydrogen-bond donors (Lipinski definition) is 4. The molecule has 0 aliphatic carbocycles. The number of rotatable bonds is 10. The Labute approximate surface area is 200 Å². The van der Waals surface area contributed by atoms with Crippen LogP contribution in [0.3, 0.4) is 0 Å². The van der Waals surface area contributed by atoms with Crippen molar-refractivity contribution in [1.82, 2.24) is 5.32 Å². The van der Waals surface area contributed by atoms with Gasteiger partial charge in [0.1, 0.15) is 6.04 Å². The lowest BCUT2D eigenvalue weighted by molar-refractivity contribution is -0.138. The lowest BCUT2D eigenvalue weighted by Crippen LogP contribution is -2.32. The van der Waals surface area contributed by atoms with Crippen LogP contribution >= 0.6 is 0 Å². The Balaban J connectivity index is 1.65. The van der Waals surface area contributed by atoms with Crippen LogP contribution in [-0.4, -0.2) is 34.7 Å². The molecule has 0 saturated carbocycles. The Morgan fingerprint density at radius 1 is 0.912 bits per heavy atom. The molecular formula is C28H32N2O4. The second-order valence-electron chi connectivity index (χ2n) is 8.89. The van der Waals surface area contributed by atoms with Crippen molar-refractivity contribution in [3.05, 3.63) is 95.1 Å². The maximum atomic E-state index is 12.7. The molecule has 0 bridgehead atoms. The lowest BCUT2D eigenvalue weighted by Gasteiger charge is -2.22. The molecule has 0 aliphatic rings. The average molecular weight is 461 g/mol. The average Bonchev–Trinajstić information content (AvgIpc) is 2.84. The van der Waals surface area contributed by atoms with Crippen LogP contribution in [0, 0.1) is 5.92 Å². The van der Waals surface area contributed by atoms with Crippen molar-refractivity contribution in [3.8, 4) is 11.1 Å². The Hall–Kier alpha value is -3.48. The second-order valence-corrected chi connectivity index (χ2v) is 8.89. The molecule has 2 atom stereocenters. The van der Waals surface area contributed by atoms with Crippen LogP contribution in [0.25, 0.3) is 11.1 Å². The number of aliphatic hydroxyl groups is 1. The number of hydrogen-bond acceptors (Lipinski definition) is 4. The van der Waals surface area contributed by atoms with E-state index in [1.54, 1.807) is 24.3 Å². The van der Waals surface area contributed by atoms with Crippen LogP contribution in [-0.2, 0) is 17.8 Å². The molecule has 34 heavy (non-hydrogen) atoms. The van der Waals surface area contributed by atoms with Crippen LogP contribution in [0.2, 0.25) is 0 Å². The van der Waals surface area contributed by atoms with E-state index in [0.717, 1.165) is 27.8 Å². The molecule has 3 aromatic rings. The fraction of sp³-hybridized carbons (Fsp3) is 0.286. The summed E-state index contributed by atoms with van der Waals surface area (Å²) in [6.07, 6.45) is 0.215. The topological polar surface area (TPSA) is 113 Å². The van der Waals surface area contributed by atoms with Gasteiger partial charge >= 0.3 is 5.97 Å². The van der Waals surface area contributed by atoms with Gasteiger partial charge in [0, 0.05) is 18.0 Å². The number of aliphatic hydroxyl groups excluding tert-OH is 1. The number of carboxylic acid groups (broad SMARTS) is 1. The molecule has 3 aromatic carbocycles. The Kier molecular flexibility index (Phi) is 8.57. The van der Waals surface area contributed by atoms with Gasteiger partial charge in [-0.2, -0.15) is 0 Å². The maximum absolute atomic E-state index is 12.7. The van der Waals surface area contributed by atoms with Crippen molar-refractivity contribution in [2.45, 2.75) is 38.8 Å². The van der Waals surface area contributed by atoms with E-state index in [0.29, 0.717) is 18.0 Å². The third-order valence-electron chi connectivity index (χ3n) is 6.06. The van der Waals surface area contributed by atoms with Gasteiger partial charge in [0.25, 0.3) is 5.91 Å². The van der Waals surface area contributed by atoms with Gasteiger partial charge in [-0.1, -0.05) is 68.4 Å². The number of nitrogens with two attached hydrogens (primary N) is 1. The number of amides is 1. The highest BCUT2D eigenvalue weighted by molar-refractivity contribution is 5.94. The first-order chi connectivity index (χ1) is 16.3. The van der Waals surface area contributed by atoms with E-state index in [9.17, 15) is 14.7 Å². The standard InChI is InChI=1S/C28H32N2O4/c1-18(2)25(22-12-10-21(11-13-22)24-5-3-4-20(14-24)17-31)16-30-27(32)23-8-6-19(7-9-23)15-26(29)28(33)34/h3-14,18,25-26,31H,15-17,29H2,1-2H3,(H,30,32)(H,33,34)/t25-,26+/m1/s1. The van der Waals surface area contributed by atoms with E-state index in [2.05, 4.69) is 43.4 Å². The fourth-order valence-corrected chi connectivity index (χ4v) is 3.95. The molecule has 0 radical (unpaired) electrons. The predicted octanol–water partition coefficient (Wildman–Crippen LogP) is 3.97. The van der Waals surface area contributed by atoms with Gasteiger partial charge in [0.05, 0.1) is 6.61 Å². The zero-order valence-electron chi connectivity index (χ0n) is 19.6. The third kappa shape index (κ3) is 6.53. The van der Waals surface area contributed by atoms with E-state index in [1.165, 1.54) is 0 Å². The quantitative estimate of drug-likeness (QED) is 0.366. The number of benzene rings is 3. The van der Waals surface area contributed by atoms with Gasteiger partial charge in [-0.05, 0) is 58.4 Å². The Bertz CT molecular complexity index is 1110. The summed E-state index contributed by atoms with van der Waals surface area (Å²) >= 11 is 0. The first-order valence-corrected chi connectivity index (χ1v) is 11.4. The summed E-state index contributed by atoms with van der Waals surface area (Å²) < 4.78 is 0. The Morgan fingerprint density at radius 3 is 2.18 bits per heavy atom. The molecule has 5 N–H and O–H groups in total. The largest absolute Gasteiger partial charge is 0.480 e. The lowest BCUT2D eigenvalue weighted by atomic mass is 9.87. The highest BCUT2D eigenvalue weighted by atomic mass is 16.4. The molecule has 0 fully saturated rings. The van der Waals surface area contributed by atoms with E-state index < -0.39 is 12.0 Å². The number of aliphatic carboxylic acids is 1. The summed E-state index contributed by atoms with van der Waals surface area (Å²) in [6.45, 7) is 4.78. The normalized spacial score (nSPS) is 12.9. The second kappa shape index (κ2) is 11.6. The first kappa shape index (κ1) is 25.1. The van der Waals surface area contributed by atoms with E-state index in [1.807, 2.05) is 24.3 Å². The third-order valence-corrected chi connectivity index (χ3v) is 6.06. The molecule has 6 nitrogen and oxygen atoms in total. The fourth-order valence-electron chi connectivity index (χ4n) is 3.95. The van der Waals surface area contributed by atoms with Crippen LogP contribution < -0.4 is 11.1 Å². The van der Waals surface area contributed by atoms with E-state index >= 15 is 0 Å². The maximum Gasteiger partial charge on any atom is 0.320 e. The molecule has 0 spiro atoms. The van der Waals surface area contributed by atoms with Crippen molar-refractivity contribution in [3.63, 3.8) is 0 Å². The van der Waals surface area contributed by atoms with Crippen molar-refractivity contribution in [2.75, 3.05) is 6.54 Å². The summed E-state index contributed by atoms with van der Waals surface area (Å²) in [4.78, 5) is 23.6. The smallest absolute Gasteiger partial charge is 0.320 e. The summed E-state index contributed by atoms with van der Waals surface area (Å²) in [5.41, 5.74) is 11.0. The van der Waals surface area contributed by atoms with E-state index in [4.69, 9.17) is 10.8 Å². The van der Waals surface area contributed by atoms with Gasteiger partial charge < -0.3 is 21.3 Å². The monoisotopic (exact) mass is 460 g/mol. The van der Waals surface area contributed by atoms with Crippen molar-refractivity contribution < 1.29 is 19.8 Å². The first-order valence-electron chi connectivity index (χ1n) is 11.4. The predicted molar refractivity (Wildman–Crippen MR) is 133 cm³/mol. The molecule has 6 heteroatoms. The Morgan fingerprint density at radius 2 is 1.59 bits per heavy atom. The number of carbonyl (C=O) groups excluding carboxylic acids is 1. The molecule has 3 rings (SSSR count). The van der Waals surface area contributed by atoms with E-state index in [-0.39, 0.29) is 24.9 Å². The van der Waals surface area contributed by atoms with Crippen molar-refractivity contribution in [1.29, 1.82) is 0 Å².